The van der Waals surface area contributed by atoms with Crippen LogP contribution in [0, 0.1) is 23.7 Å². The van der Waals surface area contributed by atoms with Crippen LogP contribution >= 0.6 is 0 Å². The fourth-order valence-electron chi connectivity index (χ4n) is 3.67. The van der Waals surface area contributed by atoms with Crippen molar-refractivity contribution in [3.05, 3.63) is 12.2 Å². The Morgan fingerprint density at radius 3 is 2.00 bits per heavy atom. The van der Waals surface area contributed by atoms with Crippen molar-refractivity contribution in [1.29, 1.82) is 0 Å². The topological polar surface area (TPSA) is 46.5 Å². The molecular weight excluding hydrogens is 337 g/mol. The van der Waals surface area contributed by atoms with E-state index < -0.39 is 60.9 Å². The summed E-state index contributed by atoms with van der Waals surface area (Å²) in [6, 6.07) is 0. The molecule has 0 amide bonds. The lowest BCUT2D eigenvalue weighted by Gasteiger charge is -2.44. The maximum Gasteiger partial charge on any atom is 0.420 e. The van der Waals surface area contributed by atoms with E-state index in [1.165, 1.54) is 12.2 Å². The standard InChI is InChI=1S/C13H13F7O3/c14-5-11(13(18,19)20,23-4-8(21)22)9-6-1-2-7(3-6)10(9)12(15,16)17/h1-2,6-7,9-10H,3-5H2,(H,21,22). The van der Waals surface area contributed by atoms with Crippen molar-refractivity contribution in [3.8, 4) is 0 Å². The summed E-state index contributed by atoms with van der Waals surface area (Å²) < 4.78 is 97.5. The van der Waals surface area contributed by atoms with Gasteiger partial charge in [0.15, 0.2) is 5.60 Å². The van der Waals surface area contributed by atoms with E-state index in [2.05, 4.69) is 4.74 Å². The summed E-state index contributed by atoms with van der Waals surface area (Å²) in [7, 11) is 0. The van der Waals surface area contributed by atoms with Crippen molar-refractivity contribution in [1.82, 2.24) is 0 Å². The first-order valence-corrected chi connectivity index (χ1v) is 6.67. The van der Waals surface area contributed by atoms with Gasteiger partial charge in [0.25, 0.3) is 0 Å². The summed E-state index contributed by atoms with van der Waals surface area (Å²) in [6.45, 7) is -3.82. The first-order valence-electron chi connectivity index (χ1n) is 6.67. The molecule has 0 aromatic rings. The minimum Gasteiger partial charge on any atom is -0.480 e. The Labute approximate surface area is 126 Å². The molecule has 0 aliphatic heterocycles. The van der Waals surface area contributed by atoms with E-state index in [9.17, 15) is 35.5 Å². The highest BCUT2D eigenvalue weighted by Gasteiger charge is 2.71. The number of hydrogen-bond donors (Lipinski definition) is 1. The highest BCUT2D eigenvalue weighted by Crippen LogP contribution is 2.61. The molecule has 23 heavy (non-hydrogen) atoms. The van der Waals surface area contributed by atoms with Crippen LogP contribution in [-0.4, -0.2) is 42.3 Å². The summed E-state index contributed by atoms with van der Waals surface area (Å²) in [5.41, 5.74) is -3.80. The van der Waals surface area contributed by atoms with Gasteiger partial charge in [-0.15, -0.1) is 0 Å². The number of halogens is 7. The Balaban J connectivity index is 2.49. The third-order valence-corrected chi connectivity index (χ3v) is 4.51. The summed E-state index contributed by atoms with van der Waals surface area (Å²) in [4.78, 5) is 10.5. The molecule has 0 saturated heterocycles. The number of carboxylic acids is 1. The van der Waals surface area contributed by atoms with Crippen molar-refractivity contribution in [2.24, 2.45) is 23.7 Å². The van der Waals surface area contributed by atoms with Gasteiger partial charge in [-0.1, -0.05) is 12.2 Å². The predicted molar refractivity (Wildman–Crippen MR) is 62.1 cm³/mol. The second kappa shape index (κ2) is 5.64. The molecule has 5 atom stereocenters. The fraction of sp³-hybridized carbons (Fsp3) is 0.769. The molecule has 132 valence electrons. The molecule has 0 radical (unpaired) electrons. The van der Waals surface area contributed by atoms with Gasteiger partial charge in [0, 0.05) is 5.92 Å². The molecule has 0 heterocycles. The number of carbonyl (C=O) groups is 1. The van der Waals surface area contributed by atoms with E-state index in [-0.39, 0.29) is 6.42 Å². The zero-order valence-corrected chi connectivity index (χ0v) is 11.5. The van der Waals surface area contributed by atoms with Crippen molar-refractivity contribution >= 4 is 5.97 Å². The smallest absolute Gasteiger partial charge is 0.420 e. The summed E-state index contributed by atoms with van der Waals surface area (Å²) in [6.07, 6.45) is -8.28. The van der Waals surface area contributed by atoms with E-state index >= 15 is 0 Å². The molecular formula is C13H13F7O3. The van der Waals surface area contributed by atoms with Gasteiger partial charge >= 0.3 is 18.3 Å². The van der Waals surface area contributed by atoms with Crippen molar-refractivity contribution in [2.75, 3.05) is 13.3 Å². The lowest BCUT2D eigenvalue weighted by molar-refractivity contribution is -0.322. The van der Waals surface area contributed by atoms with Crippen LogP contribution in [0.3, 0.4) is 0 Å². The molecule has 2 aliphatic carbocycles. The Kier molecular flexibility index (Phi) is 4.42. The van der Waals surface area contributed by atoms with Gasteiger partial charge in [-0.05, 0) is 18.3 Å². The van der Waals surface area contributed by atoms with E-state index in [4.69, 9.17) is 5.11 Å². The lowest BCUT2D eigenvalue weighted by atomic mass is 9.71. The maximum atomic E-state index is 13.4. The first kappa shape index (κ1) is 18.0. The summed E-state index contributed by atoms with van der Waals surface area (Å²) >= 11 is 0. The Morgan fingerprint density at radius 2 is 1.61 bits per heavy atom. The molecule has 0 spiro atoms. The predicted octanol–water partition coefficient (Wildman–Crippen LogP) is 3.36. The molecule has 10 heteroatoms. The number of carboxylic acid groups (broad SMARTS) is 1. The van der Waals surface area contributed by atoms with Crippen molar-refractivity contribution in [2.45, 2.75) is 24.4 Å². The monoisotopic (exact) mass is 350 g/mol. The largest absolute Gasteiger partial charge is 0.480 e. The molecule has 1 saturated carbocycles. The highest BCUT2D eigenvalue weighted by atomic mass is 19.4. The number of aliphatic carboxylic acids is 1. The Bertz CT molecular complexity index is 499. The molecule has 0 aromatic carbocycles. The van der Waals surface area contributed by atoms with E-state index in [1.54, 1.807) is 0 Å². The van der Waals surface area contributed by atoms with Crippen LogP contribution in [0.2, 0.25) is 0 Å². The molecule has 2 aliphatic rings. The fourth-order valence-corrected chi connectivity index (χ4v) is 3.67. The summed E-state index contributed by atoms with van der Waals surface area (Å²) in [5, 5.41) is 8.49. The van der Waals surface area contributed by atoms with Crippen LogP contribution in [0.1, 0.15) is 6.42 Å². The lowest BCUT2D eigenvalue weighted by Crippen LogP contribution is -2.60. The van der Waals surface area contributed by atoms with Gasteiger partial charge < -0.3 is 9.84 Å². The van der Waals surface area contributed by atoms with Crippen LogP contribution in [0.5, 0.6) is 0 Å². The van der Waals surface area contributed by atoms with Gasteiger partial charge in [0.2, 0.25) is 0 Å². The van der Waals surface area contributed by atoms with Crippen LogP contribution in [0.15, 0.2) is 12.2 Å². The number of ether oxygens (including phenoxy) is 1. The van der Waals surface area contributed by atoms with Crippen LogP contribution in [-0.2, 0) is 9.53 Å². The molecule has 2 bridgehead atoms. The number of fused-ring (bicyclic) bond motifs is 2. The maximum absolute atomic E-state index is 13.4. The average molecular weight is 350 g/mol. The third-order valence-electron chi connectivity index (χ3n) is 4.51. The zero-order chi connectivity index (χ0) is 17.6. The van der Waals surface area contributed by atoms with Gasteiger partial charge in [-0.3, -0.25) is 0 Å². The normalized spacial score (nSPS) is 33.0. The number of hydrogen-bond acceptors (Lipinski definition) is 2. The molecule has 5 unspecified atom stereocenters. The van der Waals surface area contributed by atoms with Gasteiger partial charge in [0.05, 0.1) is 5.92 Å². The van der Waals surface area contributed by atoms with E-state index in [0.29, 0.717) is 0 Å². The van der Waals surface area contributed by atoms with E-state index in [0.717, 1.165) is 0 Å². The van der Waals surface area contributed by atoms with Crippen molar-refractivity contribution in [3.63, 3.8) is 0 Å². The average Bonchev–Trinajstić information content (AvgIpc) is 2.97. The van der Waals surface area contributed by atoms with Gasteiger partial charge in [-0.2, -0.15) is 26.3 Å². The molecule has 2 rings (SSSR count). The number of alkyl halides is 7. The first-order chi connectivity index (χ1) is 10.4. The Morgan fingerprint density at radius 1 is 1.09 bits per heavy atom. The Hall–Kier alpha value is -1.32. The SMILES string of the molecule is O=C(O)COC(CF)(C1C2C=CC(C2)C1C(F)(F)F)C(F)(F)F. The summed E-state index contributed by atoms with van der Waals surface area (Å²) in [5.74, 6) is -8.86. The van der Waals surface area contributed by atoms with Crippen LogP contribution in [0.25, 0.3) is 0 Å². The molecule has 3 nitrogen and oxygen atoms in total. The second-order valence-electron chi connectivity index (χ2n) is 5.74. The van der Waals surface area contributed by atoms with Crippen LogP contribution < -0.4 is 0 Å². The molecule has 0 aromatic heterocycles. The van der Waals surface area contributed by atoms with Gasteiger partial charge in [-0.25, -0.2) is 9.18 Å². The minimum atomic E-state index is -5.48. The number of allylic oxidation sites excluding steroid dienone is 2. The van der Waals surface area contributed by atoms with E-state index in [1.807, 2.05) is 0 Å². The number of rotatable bonds is 5. The van der Waals surface area contributed by atoms with Crippen LogP contribution in [0.4, 0.5) is 30.7 Å². The second-order valence-corrected chi connectivity index (χ2v) is 5.74. The zero-order valence-electron chi connectivity index (χ0n) is 11.5. The third kappa shape index (κ3) is 2.92. The minimum absolute atomic E-state index is 0.191. The molecule has 1 N–H and O–H groups in total. The van der Waals surface area contributed by atoms with Crippen molar-refractivity contribution < 1.29 is 45.4 Å². The highest BCUT2D eigenvalue weighted by molar-refractivity contribution is 5.68. The molecule has 1 fully saturated rings. The van der Waals surface area contributed by atoms with Gasteiger partial charge in [0.1, 0.15) is 13.3 Å². The quantitative estimate of drug-likeness (QED) is 0.611.